The van der Waals surface area contributed by atoms with Gasteiger partial charge >= 0.3 is 12.0 Å². The molecule has 0 aliphatic heterocycles. The molecule has 3 amide bonds. The molecule has 4 aromatic rings. The van der Waals surface area contributed by atoms with Gasteiger partial charge in [-0.2, -0.15) is 18.2 Å². The van der Waals surface area contributed by atoms with Crippen LogP contribution in [0.15, 0.2) is 60.7 Å². The fourth-order valence-corrected chi connectivity index (χ4v) is 4.65. The summed E-state index contributed by atoms with van der Waals surface area (Å²) in [5.74, 6) is -2.23. The highest BCUT2D eigenvalue weighted by Gasteiger charge is 2.18. The number of hydrogen-bond donors (Lipinski definition) is 6. The highest BCUT2D eigenvalue weighted by Crippen LogP contribution is 2.33. The number of aromatic nitrogens is 2. The third kappa shape index (κ3) is 9.03. The molecule has 4 rings (SSSR count). The van der Waals surface area contributed by atoms with E-state index in [1.165, 1.54) is 10.7 Å². The second kappa shape index (κ2) is 15.7. The summed E-state index contributed by atoms with van der Waals surface area (Å²) in [6.07, 6.45) is 1.76. The van der Waals surface area contributed by atoms with Gasteiger partial charge in [0.25, 0.3) is 0 Å². The molecule has 0 saturated carbocycles. The minimum atomic E-state index is -1.24. The van der Waals surface area contributed by atoms with Crippen molar-refractivity contribution in [1.82, 2.24) is 15.1 Å². The molecule has 8 N–H and O–H groups in total. The highest BCUT2D eigenvalue weighted by atomic mass is 32.1. The molecule has 0 bridgehead atoms. The fourth-order valence-electron chi connectivity index (χ4n) is 4.65. The first-order valence-corrected chi connectivity index (χ1v) is 14.0. The second-order valence-corrected chi connectivity index (χ2v) is 10.3. The van der Waals surface area contributed by atoms with Crippen LogP contribution in [-0.2, 0) is 9.59 Å². The molecule has 0 aliphatic rings. The monoisotopic (exact) mass is 637 g/mol. The van der Waals surface area contributed by atoms with Crippen molar-refractivity contribution in [2.24, 2.45) is 5.73 Å². The molecule has 0 saturated heterocycles. The van der Waals surface area contributed by atoms with E-state index < -0.39 is 29.8 Å². The number of fused-ring (bicyclic) bond motifs is 1. The molecule has 12 nitrogen and oxygen atoms in total. The molecule has 0 spiro atoms. The number of nitrogens with zero attached hydrogens (tertiary/aromatic N) is 2. The molecule has 0 aliphatic carbocycles. The lowest BCUT2D eigenvalue weighted by Gasteiger charge is -2.10. The lowest BCUT2D eigenvalue weighted by Crippen LogP contribution is -2.37. The molecule has 0 unspecified atom stereocenters. The van der Waals surface area contributed by atoms with Crippen molar-refractivity contribution in [3.8, 4) is 11.1 Å². The van der Waals surface area contributed by atoms with Crippen LogP contribution in [0.4, 0.5) is 26.4 Å². The average molecular weight is 638 g/mol. The van der Waals surface area contributed by atoms with Crippen LogP contribution in [0.3, 0.4) is 0 Å². The quantitative estimate of drug-likeness (QED) is 0.121. The number of anilines is 3. The largest absolute Gasteiger partial charge is 0.480 e. The van der Waals surface area contributed by atoms with Gasteiger partial charge in [-0.15, -0.1) is 5.10 Å². The summed E-state index contributed by atoms with van der Waals surface area (Å²) in [6.45, 7) is 2.15. The van der Waals surface area contributed by atoms with Gasteiger partial charge in [-0.3, -0.25) is 14.4 Å². The molecule has 1 aromatic heterocycles. The van der Waals surface area contributed by atoms with Crippen molar-refractivity contribution >= 4 is 65.4 Å². The number of urea groups is 1. The van der Waals surface area contributed by atoms with Gasteiger partial charge in [0, 0.05) is 18.7 Å². The lowest BCUT2D eigenvalue weighted by atomic mass is 10.0. The van der Waals surface area contributed by atoms with Gasteiger partial charge in [0.05, 0.1) is 23.0 Å². The average Bonchev–Trinajstić information content (AvgIpc) is 3.33. The van der Waals surface area contributed by atoms with E-state index in [0.29, 0.717) is 42.4 Å². The zero-order valence-corrected chi connectivity index (χ0v) is 25.6. The highest BCUT2D eigenvalue weighted by molar-refractivity contribution is 7.59. The Kier molecular flexibility index (Phi) is 12.0. The number of halogens is 1. The molecule has 0 fully saturated rings. The number of carbonyl (C=O) groups excluding carboxylic acids is 3. The molecule has 1 atom stereocenters. The maximum Gasteiger partial charge on any atom is 0.323 e. The number of aryl methyl sites for hydroxylation is 1. The Hall–Kier alpha value is -4.95. The van der Waals surface area contributed by atoms with Crippen LogP contribution in [0.25, 0.3) is 22.0 Å². The molecule has 14 heteroatoms. The number of hydrogen-bond acceptors (Lipinski definition) is 7. The Labute approximate surface area is 265 Å². The van der Waals surface area contributed by atoms with E-state index in [1.807, 2.05) is 6.07 Å². The standard InChI is InChI=1S/C31H34FN7O5.H2S/c1-18-9-14-22(32)24(16-18)37-31(44)36-20-12-10-19(11-13-20)21-6-5-7-25-28(21)29(34)38-39(25)27(41)8-3-2-4-15-35-26(40)17-23(33)30(42)43;/h5-7,9-14,16,23H,2-4,8,15,17,33H2,1H3,(H2,34,38)(H,35,40)(H,42,43)(H2,36,37,44);1H2/t23-;/m0./s1. The zero-order valence-electron chi connectivity index (χ0n) is 24.6. The van der Waals surface area contributed by atoms with Crippen LogP contribution in [0.1, 0.15) is 42.5 Å². The van der Waals surface area contributed by atoms with E-state index >= 15 is 0 Å². The number of carboxylic acids is 1. The number of carbonyl (C=O) groups is 4. The Bertz CT molecular complexity index is 1690. The first-order chi connectivity index (χ1) is 21.0. The van der Waals surface area contributed by atoms with Crippen LogP contribution in [0.5, 0.6) is 0 Å². The topological polar surface area (TPSA) is 194 Å². The predicted molar refractivity (Wildman–Crippen MR) is 176 cm³/mol. The summed E-state index contributed by atoms with van der Waals surface area (Å²) >= 11 is 0. The second-order valence-electron chi connectivity index (χ2n) is 10.3. The Morgan fingerprint density at radius 2 is 1.73 bits per heavy atom. The van der Waals surface area contributed by atoms with Gasteiger partial charge in [0.15, 0.2) is 5.82 Å². The summed E-state index contributed by atoms with van der Waals surface area (Å²) < 4.78 is 15.3. The third-order valence-corrected chi connectivity index (χ3v) is 6.91. The van der Waals surface area contributed by atoms with Crippen LogP contribution in [-0.4, -0.2) is 51.3 Å². The number of carboxylic acid groups (broad SMARTS) is 1. The van der Waals surface area contributed by atoms with Crippen LogP contribution in [0.2, 0.25) is 0 Å². The van der Waals surface area contributed by atoms with Crippen molar-refractivity contribution in [3.05, 3.63) is 72.0 Å². The number of benzene rings is 3. The predicted octanol–water partition coefficient (Wildman–Crippen LogP) is 4.61. The van der Waals surface area contributed by atoms with Crippen LogP contribution in [0, 0.1) is 12.7 Å². The van der Waals surface area contributed by atoms with E-state index in [-0.39, 0.29) is 43.7 Å². The molecule has 3 aromatic carbocycles. The SMILES string of the molecule is Cc1ccc(F)c(NC(=O)Nc2ccc(-c3cccc4c3c(N)nn4C(=O)CCCCCNC(=O)C[C@H](N)C(=O)O)cc2)c1.S. The van der Waals surface area contributed by atoms with Crippen LogP contribution >= 0.6 is 13.5 Å². The molecule has 0 radical (unpaired) electrons. The Morgan fingerprint density at radius 3 is 2.44 bits per heavy atom. The van der Waals surface area contributed by atoms with E-state index in [4.69, 9.17) is 16.6 Å². The van der Waals surface area contributed by atoms with Crippen LogP contribution < -0.4 is 27.4 Å². The first kappa shape index (κ1) is 34.5. The summed E-state index contributed by atoms with van der Waals surface area (Å²) in [7, 11) is 0. The van der Waals surface area contributed by atoms with Crippen molar-refractivity contribution in [2.45, 2.75) is 45.1 Å². The maximum atomic E-state index is 14.0. The van der Waals surface area contributed by atoms with Gasteiger partial charge in [-0.1, -0.05) is 36.8 Å². The number of unbranched alkanes of at least 4 members (excludes halogenated alkanes) is 2. The number of amides is 3. The van der Waals surface area contributed by atoms with Gasteiger partial charge in [0.2, 0.25) is 11.8 Å². The summed E-state index contributed by atoms with van der Waals surface area (Å²) in [4.78, 5) is 47.9. The fraction of sp³-hybridized carbons (Fsp3) is 0.258. The lowest BCUT2D eigenvalue weighted by molar-refractivity contribution is -0.140. The third-order valence-electron chi connectivity index (χ3n) is 6.91. The van der Waals surface area contributed by atoms with Gasteiger partial charge in [0.1, 0.15) is 11.9 Å². The van der Waals surface area contributed by atoms with Gasteiger partial charge in [-0.25, -0.2) is 9.18 Å². The maximum absolute atomic E-state index is 14.0. The van der Waals surface area contributed by atoms with E-state index in [1.54, 1.807) is 55.5 Å². The van der Waals surface area contributed by atoms with Crippen molar-refractivity contribution in [3.63, 3.8) is 0 Å². The van der Waals surface area contributed by atoms with E-state index in [2.05, 4.69) is 21.0 Å². The molecule has 1 heterocycles. The Balaban J connectivity index is 0.00000552. The number of nitrogens with two attached hydrogens (primary N) is 2. The number of nitrogens with one attached hydrogen (secondary N) is 3. The van der Waals surface area contributed by atoms with Crippen molar-refractivity contribution in [1.29, 1.82) is 0 Å². The first-order valence-electron chi connectivity index (χ1n) is 14.0. The molecule has 238 valence electrons. The van der Waals surface area contributed by atoms with E-state index in [9.17, 15) is 23.6 Å². The number of nitrogen functional groups attached to an aromatic ring is 1. The van der Waals surface area contributed by atoms with Crippen molar-refractivity contribution in [2.75, 3.05) is 22.9 Å². The number of aliphatic carboxylic acids is 1. The van der Waals surface area contributed by atoms with Gasteiger partial charge in [-0.05, 0) is 66.8 Å². The minimum Gasteiger partial charge on any atom is -0.480 e. The normalized spacial score (nSPS) is 11.4. The summed E-state index contributed by atoms with van der Waals surface area (Å²) in [5, 5.41) is 21.5. The molecular weight excluding hydrogens is 601 g/mol. The summed E-state index contributed by atoms with van der Waals surface area (Å²) in [6, 6.07) is 15.1. The van der Waals surface area contributed by atoms with E-state index in [0.717, 1.165) is 16.7 Å². The van der Waals surface area contributed by atoms with Gasteiger partial charge < -0.3 is 32.5 Å². The molecular formula is C31H36FN7O5S. The minimum absolute atomic E-state index is 0. The zero-order chi connectivity index (χ0) is 31.8. The van der Waals surface area contributed by atoms with Crippen molar-refractivity contribution < 1.29 is 28.7 Å². The smallest absolute Gasteiger partial charge is 0.323 e. The summed E-state index contributed by atoms with van der Waals surface area (Å²) in [5.41, 5.74) is 15.1. The molecule has 45 heavy (non-hydrogen) atoms. The Morgan fingerprint density at radius 1 is 1.00 bits per heavy atom. The number of rotatable bonds is 12.